The SMILES string of the molecule is CCCCCCCSc1ccc2c(c1)C(=O)C(OC)(OC)C2=O. The van der Waals surface area contributed by atoms with Crippen LogP contribution >= 0.6 is 11.8 Å². The minimum absolute atomic E-state index is 0.381. The number of unbranched alkanes of at least 4 members (excludes halogenated alkanes) is 4. The van der Waals surface area contributed by atoms with Crippen LogP contribution in [0.15, 0.2) is 23.1 Å². The molecule has 0 N–H and O–H groups in total. The summed E-state index contributed by atoms with van der Waals surface area (Å²) in [6.45, 7) is 2.21. The second-order valence-electron chi connectivity index (χ2n) is 5.65. The predicted molar refractivity (Wildman–Crippen MR) is 91.3 cm³/mol. The molecule has 0 heterocycles. The Morgan fingerprint density at radius 3 is 2.26 bits per heavy atom. The van der Waals surface area contributed by atoms with Gasteiger partial charge < -0.3 is 9.47 Å². The molecule has 4 nitrogen and oxygen atoms in total. The van der Waals surface area contributed by atoms with Gasteiger partial charge >= 0.3 is 0 Å². The van der Waals surface area contributed by atoms with Crippen molar-refractivity contribution in [3.8, 4) is 0 Å². The molecule has 0 amide bonds. The van der Waals surface area contributed by atoms with E-state index in [1.54, 1.807) is 23.9 Å². The molecule has 0 atom stereocenters. The molecular formula is C18H24O4S. The molecule has 0 unspecified atom stereocenters. The normalized spacial score (nSPS) is 16.0. The number of hydrogen-bond donors (Lipinski definition) is 0. The first-order valence-electron chi connectivity index (χ1n) is 8.07. The lowest BCUT2D eigenvalue weighted by Gasteiger charge is -2.21. The Hall–Kier alpha value is -1.17. The van der Waals surface area contributed by atoms with Crippen molar-refractivity contribution in [1.29, 1.82) is 0 Å². The summed E-state index contributed by atoms with van der Waals surface area (Å²) in [7, 11) is 2.63. The van der Waals surface area contributed by atoms with Crippen LogP contribution < -0.4 is 0 Å². The average molecular weight is 336 g/mol. The van der Waals surface area contributed by atoms with Crippen molar-refractivity contribution in [2.45, 2.75) is 49.7 Å². The number of thioether (sulfide) groups is 1. The number of hydrogen-bond acceptors (Lipinski definition) is 5. The first kappa shape index (κ1) is 18.2. The third-order valence-electron chi connectivity index (χ3n) is 4.17. The van der Waals surface area contributed by atoms with E-state index in [0.29, 0.717) is 11.1 Å². The zero-order valence-corrected chi connectivity index (χ0v) is 14.8. The fourth-order valence-electron chi connectivity index (χ4n) is 2.81. The number of fused-ring (bicyclic) bond motifs is 1. The second kappa shape index (κ2) is 8.08. The number of ketones is 2. The second-order valence-corrected chi connectivity index (χ2v) is 6.82. The number of benzene rings is 1. The Morgan fingerprint density at radius 1 is 0.957 bits per heavy atom. The van der Waals surface area contributed by atoms with Gasteiger partial charge in [0.15, 0.2) is 0 Å². The molecule has 0 fully saturated rings. The lowest BCUT2D eigenvalue weighted by atomic mass is 10.1. The van der Waals surface area contributed by atoms with Crippen molar-refractivity contribution in [3.05, 3.63) is 29.3 Å². The molecule has 0 radical (unpaired) electrons. The van der Waals surface area contributed by atoms with Crippen molar-refractivity contribution in [1.82, 2.24) is 0 Å². The van der Waals surface area contributed by atoms with Crippen LogP contribution in [0.2, 0.25) is 0 Å². The van der Waals surface area contributed by atoms with Crippen LogP contribution in [0.3, 0.4) is 0 Å². The molecule has 0 saturated heterocycles. The number of methoxy groups -OCH3 is 2. The molecule has 126 valence electrons. The Morgan fingerprint density at radius 2 is 1.61 bits per heavy atom. The van der Waals surface area contributed by atoms with Gasteiger partial charge in [0, 0.05) is 30.2 Å². The highest BCUT2D eigenvalue weighted by molar-refractivity contribution is 7.99. The summed E-state index contributed by atoms with van der Waals surface area (Å²) in [5.41, 5.74) is 0.778. The van der Waals surface area contributed by atoms with E-state index in [-0.39, 0.29) is 0 Å². The number of ether oxygens (including phenoxy) is 2. The van der Waals surface area contributed by atoms with Crippen molar-refractivity contribution in [3.63, 3.8) is 0 Å². The monoisotopic (exact) mass is 336 g/mol. The molecule has 0 aliphatic heterocycles. The maximum Gasteiger partial charge on any atom is 0.299 e. The van der Waals surface area contributed by atoms with Gasteiger partial charge in [0.05, 0.1) is 0 Å². The molecule has 5 heteroatoms. The first-order valence-corrected chi connectivity index (χ1v) is 9.06. The smallest absolute Gasteiger partial charge is 0.299 e. The minimum Gasteiger partial charge on any atom is -0.341 e. The van der Waals surface area contributed by atoms with Crippen molar-refractivity contribution < 1.29 is 19.1 Å². The molecule has 2 rings (SSSR count). The molecule has 1 aromatic rings. The van der Waals surface area contributed by atoms with Gasteiger partial charge in [0.25, 0.3) is 5.79 Å². The van der Waals surface area contributed by atoms with E-state index in [1.807, 2.05) is 6.07 Å². The third-order valence-corrected chi connectivity index (χ3v) is 5.25. The lowest BCUT2D eigenvalue weighted by molar-refractivity contribution is -0.133. The van der Waals surface area contributed by atoms with Gasteiger partial charge in [-0.1, -0.05) is 32.6 Å². The van der Waals surface area contributed by atoms with Gasteiger partial charge in [-0.2, -0.15) is 0 Å². The fraction of sp³-hybridized carbons (Fsp3) is 0.556. The highest BCUT2D eigenvalue weighted by Gasteiger charge is 2.54. The maximum absolute atomic E-state index is 12.5. The van der Waals surface area contributed by atoms with E-state index in [4.69, 9.17) is 9.47 Å². The van der Waals surface area contributed by atoms with Gasteiger partial charge in [-0.15, -0.1) is 11.8 Å². The average Bonchev–Trinajstić information content (AvgIpc) is 2.79. The van der Waals surface area contributed by atoms with Crippen molar-refractivity contribution in [2.24, 2.45) is 0 Å². The number of carbonyl (C=O) groups is 2. The summed E-state index contributed by atoms with van der Waals surface area (Å²) in [6, 6.07) is 5.38. The van der Waals surface area contributed by atoms with Crippen LogP contribution in [-0.4, -0.2) is 37.3 Å². The molecule has 23 heavy (non-hydrogen) atoms. The van der Waals surface area contributed by atoms with E-state index in [2.05, 4.69) is 6.92 Å². The van der Waals surface area contributed by atoms with Gasteiger partial charge in [-0.3, -0.25) is 9.59 Å². The highest BCUT2D eigenvalue weighted by atomic mass is 32.2. The van der Waals surface area contributed by atoms with Gasteiger partial charge in [0.1, 0.15) is 0 Å². The van der Waals surface area contributed by atoms with Gasteiger partial charge in [-0.05, 0) is 30.4 Å². The van der Waals surface area contributed by atoms with E-state index >= 15 is 0 Å². The van der Waals surface area contributed by atoms with Crippen molar-refractivity contribution >= 4 is 23.3 Å². The lowest BCUT2D eigenvalue weighted by Crippen LogP contribution is -2.45. The Labute approximate surface area is 141 Å². The summed E-state index contributed by atoms with van der Waals surface area (Å²) in [5.74, 6) is -1.61. The molecular weight excluding hydrogens is 312 g/mol. The van der Waals surface area contributed by atoms with Crippen LogP contribution in [0.5, 0.6) is 0 Å². The largest absolute Gasteiger partial charge is 0.341 e. The molecule has 1 aliphatic carbocycles. The topological polar surface area (TPSA) is 52.6 Å². The van der Waals surface area contributed by atoms with Crippen molar-refractivity contribution in [2.75, 3.05) is 20.0 Å². The Kier molecular flexibility index (Phi) is 6.39. The van der Waals surface area contributed by atoms with Gasteiger partial charge in [0.2, 0.25) is 11.6 Å². The molecule has 1 aliphatic rings. The minimum atomic E-state index is -1.80. The molecule has 0 saturated carbocycles. The summed E-state index contributed by atoms with van der Waals surface area (Å²) in [4.78, 5) is 25.9. The molecule has 0 aromatic heterocycles. The zero-order chi connectivity index (χ0) is 16.9. The molecule has 1 aromatic carbocycles. The predicted octanol–water partition coefficient (Wildman–Crippen LogP) is 4.12. The highest BCUT2D eigenvalue weighted by Crippen LogP contribution is 2.35. The van der Waals surface area contributed by atoms with E-state index in [0.717, 1.165) is 17.1 Å². The van der Waals surface area contributed by atoms with Crippen LogP contribution in [0, 0.1) is 0 Å². The third kappa shape index (κ3) is 3.52. The first-order chi connectivity index (χ1) is 11.1. The number of Topliss-reactive ketones (excluding diaryl/α,β-unsaturated/α-hetero) is 2. The van der Waals surface area contributed by atoms with Gasteiger partial charge in [-0.25, -0.2) is 0 Å². The number of carbonyl (C=O) groups excluding carboxylic acids is 2. The fourth-order valence-corrected chi connectivity index (χ4v) is 3.76. The van der Waals surface area contributed by atoms with Crippen LogP contribution in [-0.2, 0) is 9.47 Å². The quantitative estimate of drug-likeness (QED) is 0.294. The Balaban J connectivity index is 2.03. The maximum atomic E-state index is 12.5. The van der Waals surface area contributed by atoms with Crippen LogP contribution in [0.4, 0.5) is 0 Å². The standard InChI is InChI=1S/C18H24O4S/c1-4-5-6-7-8-11-23-13-9-10-14-15(12-13)17(20)18(21-2,22-3)16(14)19/h9-10,12H,4-8,11H2,1-3H3. The van der Waals surface area contributed by atoms with Crippen LogP contribution in [0.1, 0.15) is 59.7 Å². The van der Waals surface area contributed by atoms with Crippen LogP contribution in [0.25, 0.3) is 0 Å². The van der Waals surface area contributed by atoms with E-state index in [9.17, 15) is 9.59 Å². The molecule has 0 spiro atoms. The summed E-state index contributed by atoms with van der Waals surface area (Å²) >= 11 is 1.72. The van der Waals surface area contributed by atoms with E-state index in [1.165, 1.54) is 39.9 Å². The Bertz CT molecular complexity index is 578. The van der Waals surface area contributed by atoms with E-state index < -0.39 is 17.4 Å². The molecule has 0 bridgehead atoms. The summed E-state index contributed by atoms with van der Waals surface area (Å²) in [5, 5.41) is 0. The summed E-state index contributed by atoms with van der Waals surface area (Å²) in [6.07, 6.45) is 6.21. The zero-order valence-electron chi connectivity index (χ0n) is 14.0. The summed E-state index contributed by atoms with van der Waals surface area (Å²) < 4.78 is 10.2. The number of rotatable bonds is 9.